The van der Waals surface area contributed by atoms with E-state index >= 15 is 0 Å². The predicted molar refractivity (Wildman–Crippen MR) is 84.3 cm³/mol. The lowest BCUT2D eigenvalue weighted by atomic mass is 10.2. The molecule has 0 aliphatic carbocycles. The smallest absolute Gasteiger partial charge is 0.260 e. The number of rotatable bonds is 6. The molecule has 5 nitrogen and oxygen atoms in total. The van der Waals surface area contributed by atoms with Crippen molar-refractivity contribution in [2.45, 2.75) is 26.3 Å². The minimum absolute atomic E-state index is 0.0482. The molecule has 1 heterocycles. The predicted octanol–water partition coefficient (Wildman–Crippen LogP) is 1.59. The summed E-state index contributed by atoms with van der Waals surface area (Å²) in [5, 5.41) is 0. The first kappa shape index (κ1) is 15.6. The summed E-state index contributed by atoms with van der Waals surface area (Å²) in [4.78, 5) is 16.5. The zero-order chi connectivity index (χ0) is 15.2. The lowest BCUT2D eigenvalue weighted by Gasteiger charge is -2.26. The topological polar surface area (TPSA) is 58.8 Å². The fourth-order valence-electron chi connectivity index (χ4n) is 2.85. The molecule has 21 heavy (non-hydrogen) atoms. The van der Waals surface area contributed by atoms with Gasteiger partial charge in [0.2, 0.25) is 0 Å². The van der Waals surface area contributed by atoms with Gasteiger partial charge in [0.15, 0.2) is 6.61 Å². The molecule has 2 rings (SSSR count). The molecule has 0 spiro atoms. The molecule has 1 aliphatic heterocycles. The van der Waals surface area contributed by atoms with E-state index in [9.17, 15) is 4.79 Å². The standard InChI is InChI=1S/C16H25N3O2/c1-3-18(4-2)14-8-9-19(11-14)16(20)12-21-15-7-5-6-13(17)10-15/h5-7,10,14H,3-4,8-9,11-12,17H2,1-2H3. The van der Waals surface area contributed by atoms with Gasteiger partial charge >= 0.3 is 0 Å². The van der Waals surface area contributed by atoms with Gasteiger partial charge in [-0.15, -0.1) is 0 Å². The van der Waals surface area contributed by atoms with Gasteiger partial charge in [-0.1, -0.05) is 19.9 Å². The van der Waals surface area contributed by atoms with Crippen LogP contribution >= 0.6 is 0 Å². The van der Waals surface area contributed by atoms with Crippen molar-refractivity contribution in [3.63, 3.8) is 0 Å². The highest BCUT2D eigenvalue weighted by atomic mass is 16.5. The van der Waals surface area contributed by atoms with Crippen molar-refractivity contribution in [2.75, 3.05) is 38.5 Å². The van der Waals surface area contributed by atoms with Crippen LogP contribution in [0.15, 0.2) is 24.3 Å². The van der Waals surface area contributed by atoms with Crippen LogP contribution in [0.4, 0.5) is 5.69 Å². The van der Waals surface area contributed by atoms with Gasteiger partial charge in [-0.25, -0.2) is 0 Å². The van der Waals surface area contributed by atoms with Crippen LogP contribution in [0, 0.1) is 0 Å². The molecule has 0 radical (unpaired) electrons. The minimum Gasteiger partial charge on any atom is -0.484 e. The fourth-order valence-corrected chi connectivity index (χ4v) is 2.85. The third kappa shape index (κ3) is 4.11. The van der Waals surface area contributed by atoms with Crippen LogP contribution in [-0.4, -0.2) is 54.5 Å². The van der Waals surface area contributed by atoms with E-state index in [2.05, 4.69) is 18.7 Å². The second kappa shape index (κ2) is 7.31. The lowest BCUT2D eigenvalue weighted by Crippen LogP contribution is -2.39. The third-order valence-corrected chi connectivity index (χ3v) is 4.07. The SMILES string of the molecule is CCN(CC)C1CCN(C(=O)COc2cccc(N)c2)C1. The van der Waals surface area contributed by atoms with Gasteiger partial charge in [0.05, 0.1) is 0 Å². The van der Waals surface area contributed by atoms with Crippen LogP contribution in [0.3, 0.4) is 0 Å². The van der Waals surface area contributed by atoms with E-state index in [1.807, 2.05) is 17.0 Å². The van der Waals surface area contributed by atoms with Crippen LogP contribution in [0.25, 0.3) is 0 Å². The maximum atomic E-state index is 12.2. The normalized spacial score (nSPS) is 18.2. The van der Waals surface area contributed by atoms with Gasteiger partial charge in [0.1, 0.15) is 5.75 Å². The molecule has 0 saturated carbocycles. The van der Waals surface area contributed by atoms with E-state index in [1.54, 1.807) is 12.1 Å². The molecule has 1 unspecified atom stereocenters. The zero-order valence-electron chi connectivity index (χ0n) is 12.9. The second-order valence-corrected chi connectivity index (χ2v) is 5.36. The first-order valence-electron chi connectivity index (χ1n) is 7.64. The summed E-state index contributed by atoms with van der Waals surface area (Å²) in [7, 11) is 0. The Morgan fingerprint density at radius 2 is 2.19 bits per heavy atom. The van der Waals surface area contributed by atoms with Gasteiger partial charge in [0, 0.05) is 30.9 Å². The fraction of sp³-hybridized carbons (Fsp3) is 0.562. The number of benzene rings is 1. The Balaban J connectivity index is 1.82. The maximum absolute atomic E-state index is 12.2. The van der Waals surface area contributed by atoms with Crippen LogP contribution in [0.2, 0.25) is 0 Å². The number of likely N-dealkylation sites (tertiary alicyclic amines) is 1. The molecule has 0 bridgehead atoms. The van der Waals surface area contributed by atoms with Gasteiger partial charge in [0.25, 0.3) is 5.91 Å². The van der Waals surface area contributed by atoms with E-state index in [4.69, 9.17) is 10.5 Å². The van der Waals surface area contributed by atoms with Gasteiger partial charge in [-0.3, -0.25) is 9.69 Å². The number of carbonyl (C=O) groups is 1. The summed E-state index contributed by atoms with van der Waals surface area (Å²) < 4.78 is 5.52. The molecule has 1 amide bonds. The van der Waals surface area contributed by atoms with E-state index in [0.717, 1.165) is 32.6 Å². The largest absolute Gasteiger partial charge is 0.484 e. The molecular formula is C16H25N3O2. The van der Waals surface area contributed by atoms with E-state index in [-0.39, 0.29) is 12.5 Å². The minimum atomic E-state index is 0.0482. The summed E-state index contributed by atoms with van der Waals surface area (Å²) in [6.07, 6.45) is 1.05. The number of nitrogens with two attached hydrogens (primary N) is 1. The van der Waals surface area contributed by atoms with E-state index < -0.39 is 0 Å². The molecule has 0 aromatic heterocycles. The summed E-state index contributed by atoms with van der Waals surface area (Å²) in [6.45, 7) is 8.09. The van der Waals surface area contributed by atoms with E-state index in [0.29, 0.717) is 17.5 Å². The highest BCUT2D eigenvalue weighted by molar-refractivity contribution is 5.78. The molecule has 1 saturated heterocycles. The average molecular weight is 291 g/mol. The van der Waals surface area contributed by atoms with Crippen LogP contribution < -0.4 is 10.5 Å². The van der Waals surface area contributed by atoms with Crippen molar-refractivity contribution < 1.29 is 9.53 Å². The Labute approximate surface area is 126 Å². The number of ether oxygens (including phenoxy) is 1. The molecule has 1 aliphatic rings. The molecule has 5 heteroatoms. The lowest BCUT2D eigenvalue weighted by molar-refractivity contribution is -0.132. The molecule has 2 N–H and O–H groups in total. The summed E-state index contributed by atoms with van der Waals surface area (Å²) in [5.41, 5.74) is 6.33. The number of anilines is 1. The van der Waals surface area contributed by atoms with Gasteiger partial charge in [-0.05, 0) is 31.6 Å². The van der Waals surface area contributed by atoms with Crippen molar-refractivity contribution in [3.8, 4) is 5.75 Å². The zero-order valence-corrected chi connectivity index (χ0v) is 12.9. The van der Waals surface area contributed by atoms with Crippen molar-refractivity contribution in [3.05, 3.63) is 24.3 Å². The Hall–Kier alpha value is -1.75. The Kier molecular flexibility index (Phi) is 5.44. The Bertz CT molecular complexity index is 474. The summed E-state index contributed by atoms with van der Waals surface area (Å²) in [5.74, 6) is 0.690. The number of nitrogens with zero attached hydrogens (tertiary/aromatic N) is 2. The Morgan fingerprint density at radius 1 is 1.43 bits per heavy atom. The van der Waals surface area contributed by atoms with Crippen LogP contribution in [0.1, 0.15) is 20.3 Å². The maximum Gasteiger partial charge on any atom is 0.260 e. The molecule has 1 aromatic carbocycles. The molecule has 1 aromatic rings. The second-order valence-electron chi connectivity index (χ2n) is 5.36. The highest BCUT2D eigenvalue weighted by Gasteiger charge is 2.29. The Morgan fingerprint density at radius 3 is 2.86 bits per heavy atom. The quantitative estimate of drug-likeness (QED) is 0.809. The first-order valence-corrected chi connectivity index (χ1v) is 7.64. The molecular weight excluding hydrogens is 266 g/mol. The molecule has 116 valence electrons. The number of carbonyl (C=O) groups excluding carboxylic acids is 1. The number of hydrogen-bond donors (Lipinski definition) is 1. The first-order chi connectivity index (χ1) is 10.1. The monoisotopic (exact) mass is 291 g/mol. The van der Waals surface area contributed by atoms with Crippen LogP contribution in [-0.2, 0) is 4.79 Å². The number of nitrogen functional groups attached to an aromatic ring is 1. The third-order valence-electron chi connectivity index (χ3n) is 4.07. The van der Waals surface area contributed by atoms with Crippen molar-refractivity contribution in [2.24, 2.45) is 0 Å². The average Bonchev–Trinajstić information content (AvgIpc) is 2.96. The van der Waals surface area contributed by atoms with Gasteiger partial charge < -0.3 is 15.4 Å². The summed E-state index contributed by atoms with van der Waals surface area (Å²) >= 11 is 0. The van der Waals surface area contributed by atoms with Crippen molar-refractivity contribution >= 4 is 11.6 Å². The molecule has 1 atom stereocenters. The number of likely N-dealkylation sites (N-methyl/N-ethyl adjacent to an activating group) is 1. The van der Waals surface area contributed by atoms with Crippen LogP contribution in [0.5, 0.6) is 5.75 Å². The number of amides is 1. The number of hydrogen-bond acceptors (Lipinski definition) is 4. The van der Waals surface area contributed by atoms with Gasteiger partial charge in [-0.2, -0.15) is 0 Å². The van der Waals surface area contributed by atoms with Crippen molar-refractivity contribution in [1.29, 1.82) is 0 Å². The highest BCUT2D eigenvalue weighted by Crippen LogP contribution is 2.17. The summed E-state index contributed by atoms with van der Waals surface area (Å²) in [6, 6.07) is 7.64. The van der Waals surface area contributed by atoms with Crippen molar-refractivity contribution in [1.82, 2.24) is 9.80 Å². The molecule has 1 fully saturated rings. The van der Waals surface area contributed by atoms with E-state index in [1.165, 1.54) is 0 Å².